The van der Waals surface area contributed by atoms with Crippen molar-refractivity contribution in [3.8, 4) is 6.07 Å². The van der Waals surface area contributed by atoms with Gasteiger partial charge in [-0.25, -0.2) is 9.37 Å². The van der Waals surface area contributed by atoms with Gasteiger partial charge in [0, 0.05) is 26.6 Å². The number of nitrogens with one attached hydrogen (secondary N) is 1. The van der Waals surface area contributed by atoms with Gasteiger partial charge in [0.1, 0.15) is 18.2 Å². The summed E-state index contributed by atoms with van der Waals surface area (Å²) in [7, 11) is 1.83. The minimum Gasteiger partial charge on any atom is -0.312 e. The molecule has 0 saturated carbocycles. The van der Waals surface area contributed by atoms with E-state index < -0.39 is 5.82 Å². The second kappa shape index (κ2) is 6.07. The van der Waals surface area contributed by atoms with E-state index in [0.717, 1.165) is 24.4 Å². The molecule has 2 aromatic rings. The fourth-order valence-corrected chi connectivity index (χ4v) is 1.70. The van der Waals surface area contributed by atoms with Gasteiger partial charge in [0.25, 0.3) is 0 Å². The van der Waals surface area contributed by atoms with Crippen LogP contribution in [0.25, 0.3) is 0 Å². The molecule has 98 valence electrons. The molecule has 6 heteroatoms. The van der Waals surface area contributed by atoms with Crippen molar-refractivity contribution in [1.82, 2.24) is 20.1 Å². The van der Waals surface area contributed by atoms with Gasteiger partial charge >= 0.3 is 0 Å². The zero-order chi connectivity index (χ0) is 13.7. The number of aryl methyl sites for hydroxylation is 1. The zero-order valence-electron chi connectivity index (χ0n) is 10.6. The smallest absolute Gasteiger partial charge is 0.151 e. The summed E-state index contributed by atoms with van der Waals surface area (Å²) in [5.41, 5.74) is 0.956. The van der Waals surface area contributed by atoms with Crippen LogP contribution in [0.2, 0.25) is 0 Å². The lowest BCUT2D eigenvalue weighted by atomic mass is 10.1. The molecule has 0 aliphatic heterocycles. The average molecular weight is 259 g/mol. The fourth-order valence-electron chi connectivity index (χ4n) is 1.70. The maximum atomic E-state index is 13.1. The predicted octanol–water partition coefficient (Wildman–Crippen LogP) is 1.16. The zero-order valence-corrected chi connectivity index (χ0v) is 10.6. The molecule has 0 radical (unpaired) electrons. The third kappa shape index (κ3) is 3.60. The molecule has 19 heavy (non-hydrogen) atoms. The molecule has 0 aliphatic carbocycles. The lowest BCUT2D eigenvalue weighted by molar-refractivity contribution is 0.620. The first-order valence-corrected chi connectivity index (χ1v) is 5.93. The number of rotatable bonds is 5. The molecule has 0 fully saturated rings. The van der Waals surface area contributed by atoms with E-state index in [1.165, 1.54) is 6.07 Å². The Hall–Kier alpha value is -2.26. The molecule has 2 rings (SSSR count). The Balaban J connectivity index is 1.81. The number of halogens is 1. The number of benzene rings is 1. The summed E-state index contributed by atoms with van der Waals surface area (Å²) in [6.07, 6.45) is 2.39. The lowest BCUT2D eigenvalue weighted by Crippen LogP contribution is -2.17. The molecular formula is C13H14FN5. The Morgan fingerprint density at radius 1 is 1.47 bits per heavy atom. The number of nitriles is 1. The first kappa shape index (κ1) is 13.2. The van der Waals surface area contributed by atoms with Gasteiger partial charge in [-0.1, -0.05) is 6.07 Å². The molecule has 1 aromatic heterocycles. The summed E-state index contributed by atoms with van der Waals surface area (Å²) < 4.78 is 14.8. The maximum absolute atomic E-state index is 13.1. The highest BCUT2D eigenvalue weighted by atomic mass is 19.1. The summed E-state index contributed by atoms with van der Waals surface area (Å²) in [5, 5.41) is 16.1. The third-order valence-electron chi connectivity index (χ3n) is 2.65. The van der Waals surface area contributed by atoms with Gasteiger partial charge < -0.3 is 5.32 Å². The van der Waals surface area contributed by atoms with Crippen molar-refractivity contribution >= 4 is 0 Å². The Morgan fingerprint density at radius 2 is 2.32 bits per heavy atom. The van der Waals surface area contributed by atoms with Gasteiger partial charge in [0.05, 0.1) is 5.56 Å². The first-order valence-electron chi connectivity index (χ1n) is 5.93. The van der Waals surface area contributed by atoms with Gasteiger partial charge in [0.2, 0.25) is 0 Å². The van der Waals surface area contributed by atoms with Crippen LogP contribution in [-0.2, 0) is 20.0 Å². The van der Waals surface area contributed by atoms with Crippen molar-refractivity contribution in [2.24, 2.45) is 7.05 Å². The fraction of sp³-hybridized carbons (Fsp3) is 0.308. The minimum absolute atomic E-state index is 0.0747. The normalized spacial score (nSPS) is 10.4. The van der Waals surface area contributed by atoms with Gasteiger partial charge in [0.15, 0.2) is 5.82 Å². The topological polar surface area (TPSA) is 66.5 Å². The van der Waals surface area contributed by atoms with E-state index >= 15 is 0 Å². The SMILES string of the molecule is Cn1cnc(CCNCc2ccc(F)c(C#N)c2)n1. The summed E-state index contributed by atoms with van der Waals surface area (Å²) in [6.45, 7) is 1.31. The van der Waals surface area contributed by atoms with Crippen molar-refractivity contribution in [3.05, 3.63) is 47.3 Å². The molecule has 0 aliphatic rings. The molecule has 5 nitrogen and oxygen atoms in total. The van der Waals surface area contributed by atoms with E-state index in [1.54, 1.807) is 23.1 Å². The molecule has 1 N–H and O–H groups in total. The lowest BCUT2D eigenvalue weighted by Gasteiger charge is -2.04. The van der Waals surface area contributed by atoms with Crippen LogP contribution < -0.4 is 5.32 Å². The summed E-state index contributed by atoms with van der Waals surface area (Å²) in [6, 6.07) is 6.37. The summed E-state index contributed by atoms with van der Waals surface area (Å²) in [4.78, 5) is 4.12. The molecule has 0 spiro atoms. The Morgan fingerprint density at radius 3 is 3.00 bits per heavy atom. The molecule has 0 saturated heterocycles. The van der Waals surface area contributed by atoms with Crippen molar-refractivity contribution in [2.45, 2.75) is 13.0 Å². The molecule has 1 heterocycles. The van der Waals surface area contributed by atoms with Crippen LogP contribution in [0, 0.1) is 17.1 Å². The van der Waals surface area contributed by atoms with E-state index in [1.807, 2.05) is 13.1 Å². The monoisotopic (exact) mass is 259 g/mol. The van der Waals surface area contributed by atoms with Gasteiger partial charge in [-0.2, -0.15) is 10.4 Å². The second-order valence-corrected chi connectivity index (χ2v) is 4.19. The maximum Gasteiger partial charge on any atom is 0.151 e. The van der Waals surface area contributed by atoms with Crippen molar-refractivity contribution < 1.29 is 4.39 Å². The predicted molar refractivity (Wildman–Crippen MR) is 67.5 cm³/mol. The van der Waals surface area contributed by atoms with Crippen LogP contribution in [0.1, 0.15) is 17.0 Å². The quantitative estimate of drug-likeness (QED) is 0.818. The molecule has 0 atom stereocenters. The Kier molecular flexibility index (Phi) is 4.21. The number of aromatic nitrogens is 3. The van der Waals surface area contributed by atoms with Crippen molar-refractivity contribution in [1.29, 1.82) is 5.26 Å². The van der Waals surface area contributed by atoms with Gasteiger partial charge in [-0.05, 0) is 17.7 Å². The van der Waals surface area contributed by atoms with Crippen LogP contribution in [0.15, 0.2) is 24.5 Å². The number of hydrogen-bond acceptors (Lipinski definition) is 4. The first-order chi connectivity index (χ1) is 9.19. The van der Waals surface area contributed by atoms with E-state index in [9.17, 15) is 4.39 Å². The van der Waals surface area contributed by atoms with Crippen LogP contribution in [0.5, 0.6) is 0 Å². The van der Waals surface area contributed by atoms with E-state index in [0.29, 0.717) is 6.54 Å². The average Bonchev–Trinajstić information content (AvgIpc) is 2.82. The largest absolute Gasteiger partial charge is 0.312 e. The highest BCUT2D eigenvalue weighted by molar-refractivity contribution is 5.34. The molecule has 1 aromatic carbocycles. The Bertz CT molecular complexity index is 599. The minimum atomic E-state index is -0.482. The molecule has 0 unspecified atom stereocenters. The molecular weight excluding hydrogens is 245 g/mol. The highest BCUT2D eigenvalue weighted by Gasteiger charge is 2.03. The van der Waals surface area contributed by atoms with Crippen LogP contribution in [-0.4, -0.2) is 21.3 Å². The van der Waals surface area contributed by atoms with E-state index in [4.69, 9.17) is 5.26 Å². The Labute approximate surface area is 110 Å². The third-order valence-corrected chi connectivity index (χ3v) is 2.65. The second-order valence-electron chi connectivity index (χ2n) is 4.19. The number of hydrogen-bond donors (Lipinski definition) is 1. The van der Waals surface area contributed by atoms with Gasteiger partial charge in [-0.15, -0.1) is 0 Å². The van der Waals surface area contributed by atoms with Gasteiger partial charge in [-0.3, -0.25) is 4.68 Å². The van der Waals surface area contributed by atoms with Crippen LogP contribution in [0.4, 0.5) is 4.39 Å². The highest BCUT2D eigenvalue weighted by Crippen LogP contribution is 2.09. The molecule has 0 bridgehead atoms. The van der Waals surface area contributed by atoms with Crippen LogP contribution >= 0.6 is 0 Å². The standard InChI is InChI=1S/C13H14FN5/c1-19-9-17-13(18-19)4-5-16-8-10-2-3-12(14)11(6-10)7-15/h2-3,6,9,16H,4-5,8H2,1H3. The summed E-state index contributed by atoms with van der Waals surface area (Å²) >= 11 is 0. The van der Waals surface area contributed by atoms with Crippen molar-refractivity contribution in [3.63, 3.8) is 0 Å². The van der Waals surface area contributed by atoms with Crippen LogP contribution in [0.3, 0.4) is 0 Å². The van der Waals surface area contributed by atoms with E-state index in [-0.39, 0.29) is 5.56 Å². The molecule has 0 amide bonds. The summed E-state index contributed by atoms with van der Waals surface area (Å²) in [5.74, 6) is 0.302. The van der Waals surface area contributed by atoms with Crippen molar-refractivity contribution in [2.75, 3.05) is 6.54 Å². The number of nitrogens with zero attached hydrogens (tertiary/aromatic N) is 4. The van der Waals surface area contributed by atoms with E-state index in [2.05, 4.69) is 15.4 Å².